The van der Waals surface area contributed by atoms with Crippen molar-refractivity contribution in [2.24, 2.45) is 5.92 Å². The summed E-state index contributed by atoms with van der Waals surface area (Å²) in [5, 5.41) is 14.1. The summed E-state index contributed by atoms with van der Waals surface area (Å²) in [6.45, 7) is 1.88. The smallest absolute Gasteiger partial charge is 0.309 e. The molecule has 0 saturated heterocycles. The number of carboxylic acid groups (broad SMARTS) is 1. The van der Waals surface area contributed by atoms with Crippen LogP contribution < -0.4 is 10.6 Å². The zero-order chi connectivity index (χ0) is 22.5. The highest BCUT2D eigenvalue weighted by atomic mass is 35.5. The van der Waals surface area contributed by atoms with E-state index in [1.807, 2.05) is 6.92 Å². The number of carboxylic acids is 1. The van der Waals surface area contributed by atoms with E-state index in [0.717, 1.165) is 42.6 Å². The third-order valence-electron chi connectivity index (χ3n) is 4.98. The zero-order valence-corrected chi connectivity index (χ0v) is 18.4. The number of hydrogen-bond donors (Lipinski definition) is 3. The molecule has 1 aliphatic carbocycles. The second-order valence-corrected chi connectivity index (χ2v) is 9.08. The number of aliphatic carboxylic acids is 1. The Labute approximate surface area is 188 Å². The van der Waals surface area contributed by atoms with Crippen molar-refractivity contribution in [2.75, 3.05) is 10.6 Å². The van der Waals surface area contributed by atoms with Gasteiger partial charge in [-0.2, -0.15) is 0 Å². The van der Waals surface area contributed by atoms with E-state index in [1.54, 1.807) is 18.2 Å². The largest absolute Gasteiger partial charge is 0.481 e. The number of thiazole rings is 1. The van der Waals surface area contributed by atoms with Gasteiger partial charge in [0.15, 0.2) is 10.9 Å². The third kappa shape index (κ3) is 6.11. The monoisotopic (exact) mass is 463 g/mol. The first kappa shape index (κ1) is 22.9. The van der Waals surface area contributed by atoms with Crippen LogP contribution in [0.5, 0.6) is 0 Å². The van der Waals surface area contributed by atoms with E-state index in [1.165, 1.54) is 0 Å². The van der Waals surface area contributed by atoms with E-state index in [9.17, 15) is 19.2 Å². The number of aryl methyl sites for hydroxylation is 1. The summed E-state index contributed by atoms with van der Waals surface area (Å²) >= 11 is 6.85. The number of Topliss-reactive ketones (excluding diaryl/α,β-unsaturated/α-hetero) is 1. The highest BCUT2D eigenvalue weighted by Gasteiger charge is 2.26. The maximum Gasteiger partial charge on any atom is 0.309 e. The van der Waals surface area contributed by atoms with Crippen LogP contribution >= 0.6 is 22.9 Å². The third-order valence-corrected chi connectivity index (χ3v) is 6.23. The number of ketones is 1. The highest BCUT2D eigenvalue weighted by molar-refractivity contribution is 7.19. The Balaban J connectivity index is 1.63. The number of anilines is 2. The van der Waals surface area contributed by atoms with Crippen LogP contribution in [0.4, 0.5) is 10.8 Å². The van der Waals surface area contributed by atoms with E-state index < -0.39 is 24.2 Å². The Morgan fingerprint density at radius 1 is 1.16 bits per heavy atom. The van der Waals surface area contributed by atoms with Crippen molar-refractivity contribution in [1.82, 2.24) is 4.98 Å². The molecule has 31 heavy (non-hydrogen) atoms. The first-order chi connectivity index (χ1) is 14.7. The quantitative estimate of drug-likeness (QED) is 0.400. The Bertz CT molecular complexity index is 1030. The first-order valence-corrected chi connectivity index (χ1v) is 11.0. The van der Waals surface area contributed by atoms with Crippen molar-refractivity contribution in [3.8, 4) is 0 Å². The maximum atomic E-state index is 12.9. The fourth-order valence-electron chi connectivity index (χ4n) is 3.52. The Hall–Kier alpha value is -2.78. The van der Waals surface area contributed by atoms with Crippen molar-refractivity contribution >= 4 is 57.3 Å². The molecule has 0 atom stereocenters. The number of aromatic nitrogens is 1. The van der Waals surface area contributed by atoms with Crippen molar-refractivity contribution in [2.45, 2.75) is 45.4 Å². The van der Waals surface area contributed by atoms with Gasteiger partial charge in [0, 0.05) is 11.5 Å². The van der Waals surface area contributed by atoms with Crippen LogP contribution in [-0.4, -0.2) is 33.7 Å². The van der Waals surface area contributed by atoms with Crippen molar-refractivity contribution in [1.29, 1.82) is 0 Å². The summed E-state index contributed by atoms with van der Waals surface area (Å²) in [4.78, 5) is 52.3. The minimum absolute atomic E-state index is 0.0179. The summed E-state index contributed by atoms with van der Waals surface area (Å²) in [5.74, 6) is -2.30. The average molecular weight is 464 g/mol. The molecule has 3 N–H and O–H groups in total. The number of amides is 2. The Kier molecular flexibility index (Phi) is 7.40. The van der Waals surface area contributed by atoms with Crippen LogP contribution in [0.25, 0.3) is 0 Å². The molecule has 2 aromatic rings. The van der Waals surface area contributed by atoms with Crippen LogP contribution in [0.15, 0.2) is 18.2 Å². The number of halogens is 1. The molecule has 8 nitrogen and oxygen atoms in total. The van der Waals surface area contributed by atoms with Gasteiger partial charge in [-0.3, -0.25) is 19.2 Å². The van der Waals surface area contributed by atoms with Gasteiger partial charge in [-0.1, -0.05) is 47.4 Å². The number of carbonyl (C=O) groups excluding carboxylic acids is 3. The second kappa shape index (κ2) is 10.0. The van der Waals surface area contributed by atoms with Gasteiger partial charge in [0.25, 0.3) is 0 Å². The van der Waals surface area contributed by atoms with Gasteiger partial charge in [0.2, 0.25) is 11.8 Å². The van der Waals surface area contributed by atoms with Gasteiger partial charge >= 0.3 is 5.97 Å². The zero-order valence-electron chi connectivity index (χ0n) is 16.9. The molecular weight excluding hydrogens is 442 g/mol. The van der Waals surface area contributed by atoms with Crippen LogP contribution in [0.3, 0.4) is 0 Å². The summed E-state index contributed by atoms with van der Waals surface area (Å²) in [7, 11) is 0. The van der Waals surface area contributed by atoms with Crippen molar-refractivity contribution in [3.63, 3.8) is 0 Å². The molecule has 0 aliphatic heterocycles. The fraction of sp³-hybridized carbons (Fsp3) is 0.381. The number of nitrogens with one attached hydrogen (secondary N) is 2. The summed E-state index contributed by atoms with van der Waals surface area (Å²) < 4.78 is 0.164. The van der Waals surface area contributed by atoms with Gasteiger partial charge in [0.05, 0.1) is 17.8 Å². The predicted molar refractivity (Wildman–Crippen MR) is 118 cm³/mol. The van der Waals surface area contributed by atoms with E-state index in [2.05, 4.69) is 15.6 Å². The lowest BCUT2D eigenvalue weighted by Gasteiger charge is -2.14. The van der Waals surface area contributed by atoms with Crippen molar-refractivity contribution < 1.29 is 24.3 Å². The molecule has 1 aromatic carbocycles. The SMILES string of the molecule is Cc1ccc(NC(=O)CC(=O)Nc2nc(CC(=O)O)c(Cl)s2)c(C(=O)C2CCCC2)c1. The van der Waals surface area contributed by atoms with Crippen LogP contribution in [0.1, 0.15) is 53.7 Å². The number of rotatable bonds is 8. The highest BCUT2D eigenvalue weighted by Crippen LogP contribution is 2.31. The average Bonchev–Trinajstić information content (AvgIpc) is 3.32. The molecule has 164 valence electrons. The molecule has 2 amide bonds. The lowest BCUT2D eigenvalue weighted by Crippen LogP contribution is -2.23. The molecule has 0 unspecified atom stereocenters. The first-order valence-electron chi connectivity index (χ1n) is 9.84. The van der Waals surface area contributed by atoms with E-state index in [-0.39, 0.29) is 33.3 Å². The lowest BCUT2D eigenvalue weighted by atomic mass is 9.94. The second-order valence-electron chi connectivity index (χ2n) is 7.48. The number of nitrogens with zero attached hydrogens (tertiary/aromatic N) is 1. The van der Waals surface area contributed by atoms with Crippen molar-refractivity contribution in [3.05, 3.63) is 39.4 Å². The molecule has 0 spiro atoms. The normalized spacial score (nSPS) is 13.7. The minimum Gasteiger partial charge on any atom is -0.481 e. The topological polar surface area (TPSA) is 125 Å². The molecule has 1 heterocycles. The van der Waals surface area contributed by atoms with Crippen LogP contribution in [-0.2, 0) is 20.8 Å². The summed E-state index contributed by atoms with van der Waals surface area (Å²) in [5.41, 5.74) is 1.91. The molecule has 10 heteroatoms. The standard InChI is InChI=1S/C21H22ClN3O5S/c1-11-6-7-14(13(8-11)19(30)12-4-2-3-5-12)23-16(26)10-17(27)25-21-24-15(9-18(28)29)20(22)31-21/h6-8,12H,2-5,9-10H2,1H3,(H,23,26)(H,28,29)(H,24,25,27). The number of hydrogen-bond acceptors (Lipinski definition) is 6. The molecule has 1 aliphatic rings. The maximum absolute atomic E-state index is 12.9. The van der Waals surface area contributed by atoms with Gasteiger partial charge in [0.1, 0.15) is 10.8 Å². The van der Waals surface area contributed by atoms with Crippen LogP contribution in [0.2, 0.25) is 4.34 Å². The fourth-order valence-corrected chi connectivity index (χ4v) is 4.58. The van der Waals surface area contributed by atoms with Gasteiger partial charge in [-0.15, -0.1) is 0 Å². The lowest BCUT2D eigenvalue weighted by molar-refractivity contribution is -0.136. The number of benzene rings is 1. The Morgan fingerprint density at radius 2 is 1.84 bits per heavy atom. The molecule has 0 bridgehead atoms. The van der Waals surface area contributed by atoms with E-state index in [0.29, 0.717) is 11.3 Å². The number of carbonyl (C=O) groups is 4. The van der Waals surface area contributed by atoms with Gasteiger partial charge in [-0.25, -0.2) is 4.98 Å². The molecule has 1 fully saturated rings. The van der Waals surface area contributed by atoms with Gasteiger partial charge in [-0.05, 0) is 31.9 Å². The Morgan fingerprint density at radius 3 is 2.52 bits per heavy atom. The van der Waals surface area contributed by atoms with E-state index >= 15 is 0 Å². The molecular formula is C21H22ClN3O5S. The van der Waals surface area contributed by atoms with E-state index in [4.69, 9.17) is 16.7 Å². The molecule has 0 radical (unpaired) electrons. The summed E-state index contributed by atoms with van der Waals surface area (Å²) in [6, 6.07) is 5.23. The molecule has 1 saturated carbocycles. The molecule has 3 rings (SSSR count). The predicted octanol–water partition coefficient (Wildman–Crippen LogP) is 4.07. The summed E-state index contributed by atoms with van der Waals surface area (Å²) in [6.07, 6.45) is 2.90. The van der Waals surface area contributed by atoms with Crippen LogP contribution in [0, 0.1) is 12.8 Å². The molecule has 1 aromatic heterocycles. The minimum atomic E-state index is -1.09. The van der Waals surface area contributed by atoms with Gasteiger partial charge < -0.3 is 15.7 Å².